The number of ether oxygens (including phenoxy) is 1. The van der Waals surface area contributed by atoms with Crippen molar-refractivity contribution in [2.24, 2.45) is 0 Å². The van der Waals surface area contributed by atoms with Crippen molar-refractivity contribution in [2.75, 3.05) is 54.5 Å². The van der Waals surface area contributed by atoms with Crippen LogP contribution in [0, 0.1) is 0 Å². The van der Waals surface area contributed by atoms with Crippen LogP contribution in [0.25, 0.3) is 22.3 Å². The van der Waals surface area contributed by atoms with Crippen LogP contribution >= 0.6 is 0 Å². The van der Waals surface area contributed by atoms with Crippen molar-refractivity contribution < 1.29 is 14.3 Å². The van der Waals surface area contributed by atoms with Crippen molar-refractivity contribution in [1.82, 2.24) is 25.3 Å². The van der Waals surface area contributed by atoms with E-state index in [4.69, 9.17) is 4.74 Å². The van der Waals surface area contributed by atoms with Crippen LogP contribution in [0.4, 0.5) is 17.3 Å². The number of H-pyrrole nitrogens is 1. The molecule has 3 N–H and O–H groups in total. The third-order valence-electron chi connectivity index (χ3n) is 7.13. The van der Waals surface area contributed by atoms with Crippen molar-refractivity contribution in [1.29, 1.82) is 0 Å². The molecule has 0 aliphatic carbocycles. The molecule has 0 radical (unpaired) electrons. The smallest absolute Gasteiger partial charge is 0.243 e. The minimum Gasteiger partial charge on any atom is -0.378 e. The lowest BCUT2D eigenvalue weighted by Gasteiger charge is -2.41. The number of fused-ring (bicyclic) bond motifs is 1. The fourth-order valence-electron chi connectivity index (χ4n) is 5.01. The molecule has 2 saturated heterocycles. The first-order valence-corrected chi connectivity index (χ1v) is 13.3. The average molecular weight is 539 g/mol. The van der Waals surface area contributed by atoms with Crippen molar-refractivity contribution in [3.63, 3.8) is 0 Å². The fraction of sp³-hybridized carbons (Fsp3) is 0.276. The number of benzene rings is 1. The Morgan fingerprint density at radius 1 is 1.05 bits per heavy atom. The largest absolute Gasteiger partial charge is 0.378 e. The van der Waals surface area contributed by atoms with Gasteiger partial charge in [-0.15, -0.1) is 0 Å². The first-order valence-electron chi connectivity index (χ1n) is 13.3. The van der Waals surface area contributed by atoms with E-state index >= 15 is 0 Å². The minimum atomic E-state index is -0.172. The molecule has 1 aromatic carbocycles. The molecule has 3 aromatic heterocycles. The van der Waals surface area contributed by atoms with E-state index in [0.29, 0.717) is 32.1 Å². The van der Waals surface area contributed by atoms with Gasteiger partial charge in [-0.1, -0.05) is 30.8 Å². The maximum atomic E-state index is 12.8. The summed E-state index contributed by atoms with van der Waals surface area (Å²) >= 11 is 0. The Morgan fingerprint density at radius 2 is 1.85 bits per heavy atom. The number of hydrogen-bond donors (Lipinski definition) is 3. The molecule has 0 unspecified atom stereocenters. The second-order valence-electron chi connectivity index (χ2n) is 9.88. The molecule has 2 aliphatic heterocycles. The molecule has 4 aromatic rings. The van der Waals surface area contributed by atoms with E-state index < -0.39 is 0 Å². The Labute approximate surface area is 231 Å². The Bertz CT molecular complexity index is 1540. The van der Waals surface area contributed by atoms with E-state index in [9.17, 15) is 9.59 Å². The van der Waals surface area contributed by atoms with Gasteiger partial charge in [0, 0.05) is 49.8 Å². The fourth-order valence-corrected chi connectivity index (χ4v) is 5.01. The number of nitrogens with zero attached hydrogens (tertiary/aromatic N) is 5. The van der Waals surface area contributed by atoms with Gasteiger partial charge in [-0.3, -0.25) is 9.59 Å². The number of amides is 2. The van der Waals surface area contributed by atoms with Gasteiger partial charge in [0.1, 0.15) is 23.6 Å². The first kappa shape index (κ1) is 25.5. The molecular formula is C29H30N8O3. The molecule has 6 rings (SSSR count). The van der Waals surface area contributed by atoms with Crippen molar-refractivity contribution in [2.45, 2.75) is 12.5 Å². The summed E-state index contributed by atoms with van der Waals surface area (Å²) in [6, 6.07) is 13.8. The number of aromatic amines is 1. The zero-order valence-electron chi connectivity index (χ0n) is 22.0. The highest BCUT2D eigenvalue weighted by Gasteiger charge is 2.28. The van der Waals surface area contributed by atoms with E-state index in [1.807, 2.05) is 36.4 Å². The Morgan fingerprint density at radius 3 is 2.62 bits per heavy atom. The summed E-state index contributed by atoms with van der Waals surface area (Å²) in [5, 5.41) is 6.75. The molecule has 11 nitrogen and oxygen atoms in total. The highest BCUT2D eigenvalue weighted by molar-refractivity contribution is 5.93. The van der Waals surface area contributed by atoms with Crippen LogP contribution < -0.4 is 20.4 Å². The Hall–Kier alpha value is -4.77. The zero-order chi connectivity index (χ0) is 27.5. The zero-order valence-corrected chi connectivity index (χ0v) is 22.0. The van der Waals surface area contributed by atoms with Crippen LogP contribution in [0.3, 0.4) is 0 Å². The van der Waals surface area contributed by atoms with Crippen molar-refractivity contribution >= 4 is 40.2 Å². The standard InChI is InChI=1S/C29H30N8O3/c1-2-26(38)33-21-16-37(17-21)22-7-8-30-25(14-22)35-27(39)13-19-3-5-20(6-4-19)24-15-23-28(34-24)31-18-32-29(23)36-9-11-40-12-10-36/h2-8,14-15,18,21H,1,9-13,16-17H2,(H,33,38)(H,30,35,39)(H,31,32,34). The number of pyridine rings is 1. The lowest BCUT2D eigenvalue weighted by atomic mass is 10.1. The van der Waals surface area contributed by atoms with E-state index in [1.54, 1.807) is 12.5 Å². The van der Waals surface area contributed by atoms with Crippen LogP contribution in [0.2, 0.25) is 0 Å². The van der Waals surface area contributed by atoms with Gasteiger partial charge in [-0.05, 0) is 29.3 Å². The van der Waals surface area contributed by atoms with E-state index in [2.05, 4.69) is 53.0 Å². The molecule has 204 valence electrons. The van der Waals surface area contributed by atoms with Gasteiger partial charge in [0.05, 0.1) is 31.1 Å². The third kappa shape index (κ3) is 5.50. The lowest BCUT2D eigenvalue weighted by molar-refractivity contribution is -0.117. The summed E-state index contributed by atoms with van der Waals surface area (Å²) in [7, 11) is 0. The van der Waals surface area contributed by atoms with Gasteiger partial charge in [-0.25, -0.2) is 15.0 Å². The van der Waals surface area contributed by atoms with Crippen LogP contribution in [-0.2, 0) is 20.7 Å². The predicted octanol–water partition coefficient (Wildman–Crippen LogP) is 2.53. The number of morpholine rings is 1. The number of aromatic nitrogens is 4. The van der Waals surface area contributed by atoms with Gasteiger partial charge < -0.3 is 30.2 Å². The molecule has 2 fully saturated rings. The summed E-state index contributed by atoms with van der Waals surface area (Å²) in [4.78, 5) is 45.2. The highest BCUT2D eigenvalue weighted by Crippen LogP contribution is 2.29. The second-order valence-corrected chi connectivity index (χ2v) is 9.88. The number of nitrogens with one attached hydrogen (secondary N) is 3. The van der Waals surface area contributed by atoms with Gasteiger partial charge >= 0.3 is 0 Å². The maximum Gasteiger partial charge on any atom is 0.243 e. The predicted molar refractivity (Wildman–Crippen MR) is 153 cm³/mol. The van der Waals surface area contributed by atoms with E-state index in [-0.39, 0.29) is 24.3 Å². The van der Waals surface area contributed by atoms with Crippen molar-refractivity contribution in [3.8, 4) is 11.3 Å². The summed E-state index contributed by atoms with van der Waals surface area (Å²) < 4.78 is 5.48. The molecule has 0 saturated carbocycles. The molecule has 40 heavy (non-hydrogen) atoms. The summed E-state index contributed by atoms with van der Waals surface area (Å²) in [6.07, 6.45) is 4.76. The Kier molecular flexibility index (Phi) is 7.11. The van der Waals surface area contributed by atoms with Gasteiger partial charge in [-0.2, -0.15) is 0 Å². The van der Waals surface area contributed by atoms with Crippen LogP contribution in [0.1, 0.15) is 5.56 Å². The van der Waals surface area contributed by atoms with Crippen molar-refractivity contribution in [3.05, 3.63) is 73.2 Å². The monoisotopic (exact) mass is 538 g/mol. The molecule has 0 atom stereocenters. The van der Waals surface area contributed by atoms with E-state index in [0.717, 1.165) is 52.4 Å². The number of hydrogen-bond acceptors (Lipinski definition) is 8. The third-order valence-corrected chi connectivity index (χ3v) is 7.13. The van der Waals surface area contributed by atoms with E-state index in [1.165, 1.54) is 6.08 Å². The molecule has 0 bridgehead atoms. The maximum absolute atomic E-state index is 12.8. The lowest BCUT2D eigenvalue weighted by Crippen LogP contribution is -2.59. The van der Waals surface area contributed by atoms with Gasteiger partial charge in [0.2, 0.25) is 11.8 Å². The van der Waals surface area contributed by atoms with Crippen LogP contribution in [0.15, 0.2) is 67.6 Å². The van der Waals surface area contributed by atoms with Gasteiger partial charge in [0.25, 0.3) is 0 Å². The SMILES string of the molecule is C=CC(=O)NC1CN(c2ccnc(NC(=O)Cc3ccc(-c4cc5c(N6CCOCC6)ncnc5[nH]4)cc3)c2)C1. The second kappa shape index (κ2) is 11.1. The molecular weight excluding hydrogens is 508 g/mol. The number of anilines is 3. The number of carbonyl (C=O) groups is 2. The number of carbonyl (C=O) groups excluding carboxylic acids is 2. The molecule has 11 heteroatoms. The molecule has 2 aliphatic rings. The average Bonchev–Trinajstić information content (AvgIpc) is 3.40. The molecule has 0 spiro atoms. The first-order chi connectivity index (χ1) is 19.6. The Balaban J connectivity index is 1.07. The summed E-state index contributed by atoms with van der Waals surface area (Å²) in [5.41, 5.74) is 4.57. The highest BCUT2D eigenvalue weighted by atomic mass is 16.5. The van der Waals surface area contributed by atoms with Crippen LogP contribution in [0.5, 0.6) is 0 Å². The minimum absolute atomic E-state index is 0.0868. The summed E-state index contributed by atoms with van der Waals surface area (Å²) in [6.45, 7) is 7.85. The number of rotatable bonds is 8. The molecule has 5 heterocycles. The summed E-state index contributed by atoms with van der Waals surface area (Å²) in [5.74, 6) is 1.09. The normalized spacial score (nSPS) is 15.5. The topological polar surface area (TPSA) is 128 Å². The molecule has 2 amide bonds. The van der Waals surface area contributed by atoms with Crippen LogP contribution in [-0.4, -0.2) is 77.2 Å². The quantitative estimate of drug-likeness (QED) is 0.292. The van der Waals surface area contributed by atoms with Gasteiger partial charge in [0.15, 0.2) is 0 Å².